The van der Waals surface area contributed by atoms with E-state index in [1.807, 2.05) is 32.2 Å². The van der Waals surface area contributed by atoms with E-state index in [2.05, 4.69) is 10.4 Å². The van der Waals surface area contributed by atoms with Crippen LogP contribution in [0.3, 0.4) is 0 Å². The minimum absolute atomic E-state index is 0.0620. The van der Waals surface area contributed by atoms with E-state index < -0.39 is 0 Å². The molecular formula is C14H18N4O. The molecule has 5 nitrogen and oxygen atoms in total. The fourth-order valence-electron chi connectivity index (χ4n) is 1.71. The van der Waals surface area contributed by atoms with Crippen LogP contribution >= 0.6 is 0 Å². The zero-order chi connectivity index (χ0) is 13.8. The molecule has 1 heterocycles. The van der Waals surface area contributed by atoms with Crippen molar-refractivity contribution >= 4 is 17.3 Å². The van der Waals surface area contributed by atoms with Gasteiger partial charge >= 0.3 is 0 Å². The zero-order valence-corrected chi connectivity index (χ0v) is 11.1. The van der Waals surface area contributed by atoms with E-state index in [9.17, 15) is 4.79 Å². The summed E-state index contributed by atoms with van der Waals surface area (Å²) in [5, 5.41) is 7.00. The van der Waals surface area contributed by atoms with E-state index in [1.165, 1.54) is 0 Å². The quantitative estimate of drug-likeness (QED) is 0.826. The van der Waals surface area contributed by atoms with Gasteiger partial charge in [0.25, 0.3) is 0 Å². The van der Waals surface area contributed by atoms with Gasteiger partial charge in [0, 0.05) is 17.9 Å². The maximum absolute atomic E-state index is 11.9. The Hall–Kier alpha value is -2.30. The van der Waals surface area contributed by atoms with Crippen LogP contribution in [0, 0.1) is 0 Å². The number of hydrogen-bond donors (Lipinski definition) is 2. The summed E-state index contributed by atoms with van der Waals surface area (Å²) in [5.74, 6) is -0.0620. The molecule has 5 heteroatoms. The molecule has 0 radical (unpaired) electrons. The molecule has 0 aliphatic carbocycles. The van der Waals surface area contributed by atoms with Gasteiger partial charge in [0.05, 0.1) is 18.3 Å². The second kappa shape index (κ2) is 5.56. The molecule has 0 aliphatic heterocycles. The molecule has 100 valence electrons. The molecule has 1 aromatic heterocycles. The van der Waals surface area contributed by atoms with E-state index in [0.29, 0.717) is 17.8 Å². The molecule has 3 N–H and O–H groups in total. The summed E-state index contributed by atoms with van der Waals surface area (Å²) < 4.78 is 1.80. The molecule has 0 saturated carbocycles. The first-order valence-corrected chi connectivity index (χ1v) is 6.23. The van der Waals surface area contributed by atoms with Crippen molar-refractivity contribution in [3.63, 3.8) is 0 Å². The van der Waals surface area contributed by atoms with Crippen LogP contribution < -0.4 is 11.1 Å². The number of nitrogen functional groups attached to an aromatic ring is 1. The molecule has 0 spiro atoms. The summed E-state index contributed by atoms with van der Waals surface area (Å²) in [6.45, 7) is 4.07. The lowest BCUT2D eigenvalue weighted by molar-refractivity contribution is -0.115. The summed E-state index contributed by atoms with van der Waals surface area (Å²) in [5.41, 5.74) is 7.95. The lowest BCUT2D eigenvalue weighted by atomic mass is 10.1. The van der Waals surface area contributed by atoms with E-state index in [4.69, 9.17) is 5.73 Å². The van der Waals surface area contributed by atoms with Crippen molar-refractivity contribution in [1.29, 1.82) is 0 Å². The third-order valence-electron chi connectivity index (χ3n) is 2.76. The van der Waals surface area contributed by atoms with Crippen LogP contribution in [0.25, 0.3) is 0 Å². The standard InChI is InChI=1S/C14H18N4O/c1-10(2)18-9-13(8-16-18)17-14(19)7-11-3-5-12(15)6-4-11/h3-6,8-10H,7,15H2,1-2H3,(H,17,19). The summed E-state index contributed by atoms with van der Waals surface area (Å²) >= 11 is 0. The molecule has 0 atom stereocenters. The molecule has 1 aromatic carbocycles. The van der Waals surface area contributed by atoms with E-state index in [0.717, 1.165) is 5.56 Å². The first-order valence-electron chi connectivity index (χ1n) is 6.23. The lowest BCUT2D eigenvalue weighted by Crippen LogP contribution is -2.14. The summed E-state index contributed by atoms with van der Waals surface area (Å²) in [7, 11) is 0. The van der Waals surface area contributed by atoms with Gasteiger partial charge in [-0.25, -0.2) is 0 Å². The molecule has 1 amide bonds. The molecule has 0 saturated heterocycles. The highest BCUT2D eigenvalue weighted by Crippen LogP contribution is 2.11. The third-order valence-corrected chi connectivity index (χ3v) is 2.76. The maximum Gasteiger partial charge on any atom is 0.228 e. The number of nitrogens with two attached hydrogens (primary N) is 1. The van der Waals surface area contributed by atoms with Gasteiger partial charge in [0.2, 0.25) is 5.91 Å². The minimum atomic E-state index is -0.0620. The van der Waals surface area contributed by atoms with Gasteiger partial charge in [-0.2, -0.15) is 5.10 Å². The van der Waals surface area contributed by atoms with Crippen molar-refractivity contribution in [2.24, 2.45) is 0 Å². The predicted octanol–water partition coefficient (Wildman–Crippen LogP) is 2.23. The Morgan fingerprint density at radius 1 is 1.37 bits per heavy atom. The lowest BCUT2D eigenvalue weighted by Gasteiger charge is -2.04. The number of aromatic nitrogens is 2. The van der Waals surface area contributed by atoms with Crippen molar-refractivity contribution in [2.45, 2.75) is 26.3 Å². The molecule has 0 unspecified atom stereocenters. The fourth-order valence-corrected chi connectivity index (χ4v) is 1.71. The van der Waals surface area contributed by atoms with Gasteiger partial charge in [-0.15, -0.1) is 0 Å². The molecule has 19 heavy (non-hydrogen) atoms. The Labute approximate surface area is 112 Å². The van der Waals surface area contributed by atoms with E-state index >= 15 is 0 Å². The Morgan fingerprint density at radius 2 is 2.05 bits per heavy atom. The summed E-state index contributed by atoms with van der Waals surface area (Å²) in [6.07, 6.45) is 3.81. The van der Waals surface area contributed by atoms with Crippen molar-refractivity contribution in [1.82, 2.24) is 9.78 Å². The monoisotopic (exact) mass is 258 g/mol. The highest BCUT2D eigenvalue weighted by Gasteiger charge is 2.07. The van der Waals surface area contributed by atoms with Crippen molar-refractivity contribution in [3.8, 4) is 0 Å². The van der Waals surface area contributed by atoms with E-state index in [-0.39, 0.29) is 11.9 Å². The SMILES string of the molecule is CC(C)n1cc(NC(=O)Cc2ccc(N)cc2)cn1. The number of rotatable bonds is 4. The fraction of sp³-hybridized carbons (Fsp3) is 0.286. The number of carbonyl (C=O) groups excluding carboxylic acids is 1. The van der Waals surface area contributed by atoms with Gasteiger partial charge in [-0.05, 0) is 31.5 Å². The molecule has 0 aliphatic rings. The predicted molar refractivity (Wildman–Crippen MR) is 75.8 cm³/mol. The van der Waals surface area contributed by atoms with Crippen LogP contribution in [0.2, 0.25) is 0 Å². The molecule has 2 rings (SSSR count). The second-order valence-electron chi connectivity index (χ2n) is 4.77. The normalized spacial score (nSPS) is 10.7. The highest BCUT2D eigenvalue weighted by molar-refractivity contribution is 5.92. The van der Waals surface area contributed by atoms with Gasteiger partial charge in [0.1, 0.15) is 0 Å². The largest absolute Gasteiger partial charge is 0.399 e. The number of hydrogen-bond acceptors (Lipinski definition) is 3. The smallest absolute Gasteiger partial charge is 0.228 e. The van der Waals surface area contributed by atoms with Crippen molar-refractivity contribution < 1.29 is 4.79 Å². The Kier molecular flexibility index (Phi) is 3.85. The number of nitrogens with zero attached hydrogens (tertiary/aromatic N) is 2. The highest BCUT2D eigenvalue weighted by atomic mass is 16.1. The second-order valence-corrected chi connectivity index (χ2v) is 4.77. The number of nitrogens with one attached hydrogen (secondary N) is 1. The van der Waals surface area contributed by atoms with Crippen LogP contribution in [-0.2, 0) is 11.2 Å². The van der Waals surface area contributed by atoms with Gasteiger partial charge in [-0.1, -0.05) is 12.1 Å². The number of amides is 1. The average Bonchev–Trinajstić information content (AvgIpc) is 2.80. The first kappa shape index (κ1) is 13.1. The number of carbonyl (C=O) groups is 1. The van der Waals surface area contributed by atoms with Gasteiger partial charge in [0.15, 0.2) is 0 Å². The van der Waals surface area contributed by atoms with Crippen LogP contribution in [-0.4, -0.2) is 15.7 Å². The Morgan fingerprint density at radius 3 is 2.63 bits per heavy atom. The Balaban J connectivity index is 1.95. The van der Waals surface area contributed by atoms with Crippen molar-refractivity contribution in [3.05, 3.63) is 42.2 Å². The third kappa shape index (κ3) is 3.58. The van der Waals surface area contributed by atoms with E-state index in [1.54, 1.807) is 23.0 Å². The van der Waals surface area contributed by atoms with Crippen LogP contribution in [0.4, 0.5) is 11.4 Å². The molecule has 0 fully saturated rings. The number of benzene rings is 1. The topological polar surface area (TPSA) is 72.9 Å². The molecule has 0 bridgehead atoms. The first-order chi connectivity index (χ1) is 9.04. The molecule has 2 aromatic rings. The zero-order valence-electron chi connectivity index (χ0n) is 11.1. The summed E-state index contributed by atoms with van der Waals surface area (Å²) in [6, 6.07) is 7.57. The van der Waals surface area contributed by atoms with Crippen molar-refractivity contribution in [2.75, 3.05) is 11.1 Å². The van der Waals surface area contributed by atoms with Crippen LogP contribution in [0.5, 0.6) is 0 Å². The molecular weight excluding hydrogens is 240 g/mol. The van der Waals surface area contributed by atoms with Crippen LogP contribution in [0.1, 0.15) is 25.5 Å². The van der Waals surface area contributed by atoms with Crippen LogP contribution in [0.15, 0.2) is 36.7 Å². The van der Waals surface area contributed by atoms with Gasteiger partial charge in [-0.3, -0.25) is 9.48 Å². The number of anilines is 2. The average molecular weight is 258 g/mol. The maximum atomic E-state index is 11.9. The van der Waals surface area contributed by atoms with Gasteiger partial charge < -0.3 is 11.1 Å². The Bertz CT molecular complexity index is 557. The summed E-state index contributed by atoms with van der Waals surface area (Å²) in [4.78, 5) is 11.9. The minimum Gasteiger partial charge on any atom is -0.399 e.